The van der Waals surface area contributed by atoms with Crippen molar-refractivity contribution < 1.29 is 26.4 Å². The van der Waals surface area contributed by atoms with E-state index in [9.17, 15) is 21.6 Å². The molecular weight excluding hydrogens is 514 g/mol. The molecule has 0 radical (unpaired) electrons. The number of carbonyl (C=O) groups is 1. The Kier molecular flexibility index (Phi) is 7.86. The molecule has 37 heavy (non-hydrogen) atoms. The minimum atomic E-state index is -4.07. The van der Waals surface area contributed by atoms with Gasteiger partial charge >= 0.3 is 0 Å². The average Bonchev–Trinajstić information content (AvgIpc) is 3.44. The Hall–Kier alpha value is -3.41. The molecule has 1 fully saturated rings. The van der Waals surface area contributed by atoms with Gasteiger partial charge in [-0.05, 0) is 80.4 Å². The monoisotopic (exact) mass is 543 g/mol. The lowest BCUT2D eigenvalue weighted by atomic mass is 10.2. The van der Waals surface area contributed by atoms with Gasteiger partial charge in [-0.1, -0.05) is 17.7 Å². The smallest absolute Gasteiger partial charge is 0.264 e. The number of hydrogen-bond donors (Lipinski definition) is 1. The molecule has 1 N–H and O–H groups in total. The van der Waals surface area contributed by atoms with Gasteiger partial charge in [0.05, 0.1) is 22.6 Å². The van der Waals surface area contributed by atoms with E-state index in [2.05, 4.69) is 5.32 Å². The summed E-state index contributed by atoms with van der Waals surface area (Å²) in [5.41, 5.74) is 1.55. The van der Waals surface area contributed by atoms with E-state index in [1.54, 1.807) is 36.4 Å². The molecule has 9 nitrogen and oxygen atoms in total. The minimum absolute atomic E-state index is 0.0539. The molecule has 0 spiro atoms. The first kappa shape index (κ1) is 26.6. The number of methoxy groups -OCH3 is 1. The molecular formula is C26H29N3O6S2. The van der Waals surface area contributed by atoms with Gasteiger partial charge in [-0.3, -0.25) is 9.10 Å². The number of sulfonamides is 2. The average molecular weight is 544 g/mol. The summed E-state index contributed by atoms with van der Waals surface area (Å²) in [5.74, 6) is -0.0356. The first-order chi connectivity index (χ1) is 17.6. The van der Waals surface area contributed by atoms with Crippen molar-refractivity contribution in [3.63, 3.8) is 0 Å². The topological polar surface area (TPSA) is 113 Å². The molecule has 1 saturated heterocycles. The van der Waals surface area contributed by atoms with Crippen LogP contribution in [0.1, 0.15) is 18.4 Å². The van der Waals surface area contributed by atoms with Crippen LogP contribution in [0.25, 0.3) is 0 Å². The Labute approximate surface area is 217 Å². The molecule has 0 aliphatic carbocycles. The highest BCUT2D eigenvalue weighted by Crippen LogP contribution is 2.27. The highest BCUT2D eigenvalue weighted by molar-refractivity contribution is 7.92. The summed E-state index contributed by atoms with van der Waals surface area (Å²) < 4.78 is 60.1. The van der Waals surface area contributed by atoms with Crippen molar-refractivity contribution in [3.8, 4) is 5.75 Å². The molecule has 1 heterocycles. The van der Waals surface area contributed by atoms with Crippen LogP contribution in [-0.2, 0) is 24.8 Å². The van der Waals surface area contributed by atoms with E-state index in [4.69, 9.17) is 4.74 Å². The summed E-state index contributed by atoms with van der Waals surface area (Å²) >= 11 is 0. The Morgan fingerprint density at radius 1 is 0.865 bits per heavy atom. The lowest BCUT2D eigenvalue weighted by Crippen LogP contribution is -2.38. The number of aryl methyl sites for hydroxylation is 1. The van der Waals surface area contributed by atoms with Crippen molar-refractivity contribution in [1.82, 2.24) is 4.31 Å². The van der Waals surface area contributed by atoms with Gasteiger partial charge in [-0.15, -0.1) is 0 Å². The van der Waals surface area contributed by atoms with E-state index < -0.39 is 32.5 Å². The Bertz CT molecular complexity index is 1450. The predicted octanol–water partition coefficient (Wildman–Crippen LogP) is 3.62. The van der Waals surface area contributed by atoms with Crippen molar-refractivity contribution in [2.45, 2.75) is 29.6 Å². The Balaban J connectivity index is 1.55. The summed E-state index contributed by atoms with van der Waals surface area (Å²) in [4.78, 5) is 13.2. The fourth-order valence-corrected chi connectivity index (χ4v) is 6.96. The number of amides is 1. The number of nitrogens with one attached hydrogen (secondary N) is 1. The van der Waals surface area contributed by atoms with Crippen LogP contribution in [0.3, 0.4) is 0 Å². The standard InChI is InChI=1S/C26H29N3O6S2/c1-20-5-13-25(14-6-20)37(33,34)29(22-9-11-23(35-2)12-10-22)19-26(30)27-21-7-15-24(16-8-21)36(31,32)28-17-3-4-18-28/h5-16H,3-4,17-19H2,1-2H3,(H,27,30). The SMILES string of the molecule is COc1ccc(N(CC(=O)Nc2ccc(S(=O)(=O)N3CCCC3)cc2)S(=O)(=O)c2ccc(C)cc2)cc1. The van der Waals surface area contributed by atoms with Gasteiger partial charge < -0.3 is 10.1 Å². The first-order valence-electron chi connectivity index (χ1n) is 11.7. The quantitative estimate of drug-likeness (QED) is 0.441. The van der Waals surface area contributed by atoms with Crippen LogP contribution >= 0.6 is 0 Å². The maximum Gasteiger partial charge on any atom is 0.264 e. The molecule has 11 heteroatoms. The summed E-state index contributed by atoms with van der Waals surface area (Å²) in [5, 5.41) is 2.67. The van der Waals surface area contributed by atoms with Crippen LogP contribution in [0.2, 0.25) is 0 Å². The van der Waals surface area contributed by atoms with Gasteiger partial charge in [0.15, 0.2) is 0 Å². The van der Waals surface area contributed by atoms with Gasteiger partial charge in [-0.25, -0.2) is 16.8 Å². The number of benzene rings is 3. The number of hydrogen-bond acceptors (Lipinski definition) is 6. The fourth-order valence-electron chi connectivity index (χ4n) is 4.02. The van der Waals surface area contributed by atoms with Gasteiger partial charge in [0.1, 0.15) is 12.3 Å². The van der Waals surface area contributed by atoms with Crippen LogP contribution in [0.5, 0.6) is 5.75 Å². The molecule has 1 aliphatic rings. The van der Waals surface area contributed by atoms with Crippen LogP contribution in [-0.4, -0.2) is 53.8 Å². The molecule has 0 atom stereocenters. The maximum atomic E-state index is 13.5. The largest absolute Gasteiger partial charge is 0.497 e. The Morgan fingerprint density at radius 2 is 1.43 bits per heavy atom. The molecule has 0 bridgehead atoms. The first-order valence-corrected chi connectivity index (χ1v) is 14.6. The second kappa shape index (κ2) is 10.9. The van der Waals surface area contributed by atoms with E-state index in [1.165, 1.54) is 47.8 Å². The van der Waals surface area contributed by atoms with E-state index >= 15 is 0 Å². The van der Waals surface area contributed by atoms with E-state index in [0.717, 1.165) is 22.7 Å². The highest BCUT2D eigenvalue weighted by Gasteiger charge is 2.28. The number of anilines is 2. The van der Waals surface area contributed by atoms with Crippen LogP contribution in [0.4, 0.5) is 11.4 Å². The number of rotatable bonds is 9. The fraction of sp³-hybridized carbons (Fsp3) is 0.269. The molecule has 3 aromatic carbocycles. The van der Waals surface area contributed by atoms with Crippen molar-refractivity contribution in [2.24, 2.45) is 0 Å². The molecule has 0 aromatic heterocycles. The van der Waals surface area contributed by atoms with Crippen molar-refractivity contribution in [3.05, 3.63) is 78.4 Å². The van der Waals surface area contributed by atoms with Crippen molar-refractivity contribution in [2.75, 3.05) is 36.4 Å². The van der Waals surface area contributed by atoms with Gasteiger partial charge in [0.2, 0.25) is 15.9 Å². The van der Waals surface area contributed by atoms with Gasteiger partial charge in [-0.2, -0.15) is 4.31 Å². The molecule has 1 aliphatic heterocycles. The maximum absolute atomic E-state index is 13.5. The van der Waals surface area contributed by atoms with Crippen molar-refractivity contribution in [1.29, 1.82) is 0 Å². The van der Waals surface area contributed by atoms with Gasteiger partial charge in [0.25, 0.3) is 10.0 Å². The number of nitrogens with zero attached hydrogens (tertiary/aromatic N) is 2. The van der Waals surface area contributed by atoms with E-state index in [1.807, 2.05) is 6.92 Å². The second-order valence-electron chi connectivity index (χ2n) is 8.71. The lowest BCUT2D eigenvalue weighted by molar-refractivity contribution is -0.114. The summed E-state index contributed by atoms with van der Waals surface area (Å²) in [6, 6.07) is 18.6. The molecule has 0 saturated carbocycles. The zero-order valence-electron chi connectivity index (χ0n) is 20.6. The zero-order chi connectivity index (χ0) is 26.6. The number of carbonyl (C=O) groups excluding carboxylic acids is 1. The zero-order valence-corrected chi connectivity index (χ0v) is 22.3. The van der Waals surface area contributed by atoms with Crippen molar-refractivity contribution >= 4 is 37.3 Å². The Morgan fingerprint density at radius 3 is 2.00 bits per heavy atom. The third kappa shape index (κ3) is 5.95. The normalized spacial score (nSPS) is 14.3. The van der Waals surface area contributed by atoms with Crippen LogP contribution in [0, 0.1) is 6.92 Å². The molecule has 3 aromatic rings. The molecule has 196 valence electrons. The van der Waals surface area contributed by atoms with Crippen LogP contribution < -0.4 is 14.4 Å². The molecule has 1 amide bonds. The van der Waals surface area contributed by atoms with E-state index in [-0.39, 0.29) is 9.79 Å². The summed E-state index contributed by atoms with van der Waals surface area (Å²) in [6.07, 6.45) is 1.67. The predicted molar refractivity (Wildman–Crippen MR) is 142 cm³/mol. The third-order valence-corrected chi connectivity index (χ3v) is 9.80. The van der Waals surface area contributed by atoms with Crippen LogP contribution in [0.15, 0.2) is 82.6 Å². The van der Waals surface area contributed by atoms with E-state index in [0.29, 0.717) is 30.2 Å². The summed E-state index contributed by atoms with van der Waals surface area (Å²) in [6.45, 7) is 2.36. The molecule has 0 unspecified atom stereocenters. The highest BCUT2D eigenvalue weighted by atomic mass is 32.2. The van der Waals surface area contributed by atoms with Gasteiger partial charge in [0, 0.05) is 18.8 Å². The third-order valence-electron chi connectivity index (χ3n) is 6.10. The molecule has 4 rings (SSSR count). The number of ether oxygens (including phenoxy) is 1. The second-order valence-corrected chi connectivity index (χ2v) is 12.5. The minimum Gasteiger partial charge on any atom is -0.497 e. The summed E-state index contributed by atoms with van der Waals surface area (Å²) in [7, 11) is -6.14. The lowest BCUT2D eigenvalue weighted by Gasteiger charge is -2.24.